The summed E-state index contributed by atoms with van der Waals surface area (Å²) < 4.78 is 0. The van der Waals surface area contributed by atoms with Gasteiger partial charge in [0.25, 0.3) is 5.91 Å². The smallest absolute Gasteiger partial charge is 0.327 e. The van der Waals surface area contributed by atoms with Crippen molar-refractivity contribution in [2.45, 2.75) is 63.6 Å². The number of carboxylic acid groups (broad SMARTS) is 1. The first-order valence-electron chi connectivity index (χ1n) is 10.7. The summed E-state index contributed by atoms with van der Waals surface area (Å²) in [5.74, 6) is -1.19. The van der Waals surface area contributed by atoms with Crippen molar-refractivity contribution in [2.24, 2.45) is 0 Å². The number of carbonyl (C=O) groups is 4. The number of aliphatic carboxylic acids is 1. The third-order valence-corrected chi connectivity index (χ3v) is 6.41. The van der Waals surface area contributed by atoms with Crippen LogP contribution in [0.2, 0.25) is 0 Å². The van der Waals surface area contributed by atoms with E-state index in [1.54, 1.807) is 4.90 Å². The molecule has 1 N–H and O–H groups in total. The molecule has 0 saturated carbocycles. The Hall–Kier alpha value is -2.90. The molecule has 8 nitrogen and oxygen atoms in total. The largest absolute Gasteiger partial charge is 0.480 e. The van der Waals surface area contributed by atoms with Gasteiger partial charge in [0.05, 0.1) is 0 Å². The van der Waals surface area contributed by atoms with Gasteiger partial charge >= 0.3 is 12.0 Å². The third-order valence-electron chi connectivity index (χ3n) is 6.41. The number of carboxylic acids is 1. The van der Waals surface area contributed by atoms with Gasteiger partial charge in [-0.3, -0.25) is 14.5 Å². The normalized spacial score (nSPS) is 23.0. The molecule has 1 aromatic carbocycles. The van der Waals surface area contributed by atoms with Crippen LogP contribution < -0.4 is 0 Å². The van der Waals surface area contributed by atoms with E-state index in [1.807, 2.05) is 24.3 Å². The van der Waals surface area contributed by atoms with E-state index in [4.69, 9.17) is 0 Å². The lowest BCUT2D eigenvalue weighted by Crippen LogP contribution is -2.40. The number of urea groups is 1. The highest BCUT2D eigenvalue weighted by Crippen LogP contribution is 2.30. The lowest BCUT2D eigenvalue weighted by molar-refractivity contribution is -0.148. The lowest BCUT2D eigenvalue weighted by atomic mass is 9.95. The number of likely N-dealkylation sites (tertiary alicyclic amines) is 1. The van der Waals surface area contributed by atoms with Crippen LogP contribution >= 0.6 is 0 Å². The zero-order chi connectivity index (χ0) is 21.3. The maximum absolute atomic E-state index is 12.8. The highest BCUT2D eigenvalue weighted by atomic mass is 16.4. The van der Waals surface area contributed by atoms with Crippen molar-refractivity contribution in [3.63, 3.8) is 0 Å². The van der Waals surface area contributed by atoms with Gasteiger partial charge in [0.2, 0.25) is 5.91 Å². The van der Waals surface area contributed by atoms with Gasteiger partial charge in [0.15, 0.2) is 0 Å². The predicted octanol–water partition coefficient (Wildman–Crippen LogP) is 2.01. The molecule has 3 heterocycles. The Balaban J connectivity index is 1.23. The average molecular weight is 413 g/mol. The van der Waals surface area contributed by atoms with E-state index < -0.39 is 18.1 Å². The number of hydrogen-bond donors (Lipinski definition) is 1. The molecule has 160 valence electrons. The molecule has 0 spiro atoms. The monoisotopic (exact) mass is 413 g/mol. The van der Waals surface area contributed by atoms with Gasteiger partial charge in [-0.2, -0.15) is 0 Å². The lowest BCUT2D eigenvalue weighted by Gasteiger charge is -2.28. The Bertz CT molecular complexity index is 827. The molecule has 1 aromatic rings. The minimum atomic E-state index is -0.939. The number of amides is 4. The Labute approximate surface area is 175 Å². The average Bonchev–Trinajstić information content (AvgIpc) is 3.32. The van der Waals surface area contributed by atoms with Crippen LogP contribution in [-0.4, -0.2) is 68.8 Å². The van der Waals surface area contributed by atoms with E-state index >= 15 is 0 Å². The summed E-state index contributed by atoms with van der Waals surface area (Å²) >= 11 is 0. The summed E-state index contributed by atoms with van der Waals surface area (Å²) in [7, 11) is 0. The number of hydrogen-bond acceptors (Lipinski definition) is 4. The van der Waals surface area contributed by atoms with Crippen molar-refractivity contribution in [3.05, 3.63) is 35.4 Å². The van der Waals surface area contributed by atoms with Crippen LogP contribution in [0.25, 0.3) is 0 Å². The van der Waals surface area contributed by atoms with Crippen LogP contribution in [0.4, 0.5) is 4.79 Å². The molecule has 3 aliphatic rings. The molecule has 4 rings (SSSR count). The number of rotatable bonds is 7. The van der Waals surface area contributed by atoms with Gasteiger partial charge in [-0.1, -0.05) is 30.7 Å². The van der Waals surface area contributed by atoms with Crippen molar-refractivity contribution < 1.29 is 24.3 Å². The SMILES string of the molecule is O=C(O)[C@@H]1CCCN1C(=O)CCCCCN1C(=O)[C@@H]2Cc3ccccc3CN2C1=O. The summed E-state index contributed by atoms with van der Waals surface area (Å²) in [5.41, 5.74) is 2.22. The van der Waals surface area contributed by atoms with Crippen molar-refractivity contribution >= 4 is 23.8 Å². The second-order valence-corrected chi connectivity index (χ2v) is 8.28. The zero-order valence-corrected chi connectivity index (χ0v) is 17.0. The van der Waals surface area contributed by atoms with E-state index in [0.717, 1.165) is 17.5 Å². The first kappa shape index (κ1) is 20.4. The van der Waals surface area contributed by atoms with Crippen LogP contribution in [0.3, 0.4) is 0 Å². The summed E-state index contributed by atoms with van der Waals surface area (Å²) in [6, 6.07) is 6.59. The fraction of sp³-hybridized carbons (Fsp3) is 0.545. The van der Waals surface area contributed by atoms with Gasteiger partial charge in [-0.05, 0) is 36.8 Å². The number of carbonyl (C=O) groups excluding carboxylic acids is 3. The molecule has 0 radical (unpaired) electrons. The number of unbranched alkanes of at least 4 members (excludes halogenated alkanes) is 2. The van der Waals surface area contributed by atoms with Crippen LogP contribution in [0.5, 0.6) is 0 Å². The molecule has 4 amide bonds. The molecule has 0 unspecified atom stereocenters. The molecule has 3 aliphatic heterocycles. The Morgan fingerprint density at radius 3 is 2.60 bits per heavy atom. The van der Waals surface area contributed by atoms with Gasteiger partial charge < -0.3 is 14.9 Å². The second kappa shape index (κ2) is 8.45. The molecule has 8 heteroatoms. The molecule has 30 heavy (non-hydrogen) atoms. The fourth-order valence-electron chi connectivity index (χ4n) is 4.77. The minimum absolute atomic E-state index is 0.122. The number of nitrogens with zero attached hydrogens (tertiary/aromatic N) is 3. The Kier molecular flexibility index (Phi) is 5.74. The Morgan fingerprint density at radius 2 is 1.83 bits per heavy atom. The van der Waals surface area contributed by atoms with Crippen LogP contribution in [0, 0.1) is 0 Å². The van der Waals surface area contributed by atoms with Crippen molar-refractivity contribution in [3.8, 4) is 0 Å². The maximum Gasteiger partial charge on any atom is 0.327 e. The highest BCUT2D eigenvalue weighted by molar-refractivity contribution is 6.04. The molecule has 2 saturated heterocycles. The van der Waals surface area contributed by atoms with Gasteiger partial charge in [-0.25, -0.2) is 9.59 Å². The zero-order valence-electron chi connectivity index (χ0n) is 17.0. The van der Waals surface area contributed by atoms with Gasteiger partial charge in [0.1, 0.15) is 12.1 Å². The molecule has 2 atom stereocenters. The maximum atomic E-state index is 12.8. The molecule has 0 aromatic heterocycles. The van der Waals surface area contributed by atoms with Gasteiger partial charge in [-0.15, -0.1) is 0 Å². The molecule has 0 aliphatic carbocycles. The second-order valence-electron chi connectivity index (χ2n) is 8.28. The van der Waals surface area contributed by atoms with E-state index in [-0.39, 0.29) is 17.8 Å². The fourth-order valence-corrected chi connectivity index (χ4v) is 4.77. The van der Waals surface area contributed by atoms with Crippen LogP contribution in [-0.2, 0) is 27.3 Å². The summed E-state index contributed by atoms with van der Waals surface area (Å²) in [4.78, 5) is 53.5. The third kappa shape index (κ3) is 3.78. The quantitative estimate of drug-likeness (QED) is 0.545. The van der Waals surface area contributed by atoms with E-state index in [0.29, 0.717) is 58.2 Å². The molecule has 2 fully saturated rings. The molecule has 0 bridgehead atoms. The molecular formula is C22H27N3O5. The summed E-state index contributed by atoms with van der Waals surface area (Å²) in [5, 5.41) is 9.19. The van der Waals surface area contributed by atoms with E-state index in [2.05, 4.69) is 0 Å². The van der Waals surface area contributed by atoms with Crippen molar-refractivity contribution in [1.29, 1.82) is 0 Å². The standard InChI is InChI=1S/C22H27N3O5/c26-19(23-12-6-9-17(23)21(28)29)10-2-1-5-11-24-20(27)18-13-15-7-3-4-8-16(15)14-25(18)22(24)30/h3-4,7-8,17-18H,1-2,5-6,9-14H2,(H,28,29)/t17-,18-/m0/s1. The Morgan fingerprint density at radius 1 is 1.07 bits per heavy atom. The summed E-state index contributed by atoms with van der Waals surface area (Å²) in [6.07, 6.45) is 4.07. The number of fused-ring (bicyclic) bond motifs is 2. The van der Waals surface area contributed by atoms with E-state index in [1.165, 1.54) is 9.80 Å². The van der Waals surface area contributed by atoms with Crippen molar-refractivity contribution in [2.75, 3.05) is 13.1 Å². The van der Waals surface area contributed by atoms with Crippen molar-refractivity contribution in [1.82, 2.24) is 14.7 Å². The molecular weight excluding hydrogens is 386 g/mol. The highest BCUT2D eigenvalue weighted by Gasteiger charge is 2.46. The summed E-state index contributed by atoms with van der Waals surface area (Å²) in [6.45, 7) is 1.33. The topological polar surface area (TPSA) is 98.2 Å². The first-order valence-corrected chi connectivity index (χ1v) is 10.7. The number of imide groups is 1. The van der Waals surface area contributed by atoms with Crippen LogP contribution in [0.15, 0.2) is 24.3 Å². The van der Waals surface area contributed by atoms with Crippen LogP contribution in [0.1, 0.15) is 49.7 Å². The predicted molar refractivity (Wildman–Crippen MR) is 107 cm³/mol. The minimum Gasteiger partial charge on any atom is -0.480 e. The van der Waals surface area contributed by atoms with Gasteiger partial charge in [0, 0.05) is 32.5 Å². The first-order chi connectivity index (χ1) is 14.5. The number of benzene rings is 1. The van der Waals surface area contributed by atoms with E-state index in [9.17, 15) is 24.3 Å².